The van der Waals surface area contributed by atoms with Gasteiger partial charge in [-0.2, -0.15) is 0 Å². The zero-order valence-electron chi connectivity index (χ0n) is 11.3. The molecule has 4 nitrogen and oxygen atoms in total. The minimum absolute atomic E-state index is 0.711. The number of aromatic nitrogens is 3. The van der Waals surface area contributed by atoms with Crippen LogP contribution < -0.4 is 0 Å². The molecule has 0 unspecified atom stereocenters. The van der Waals surface area contributed by atoms with Gasteiger partial charge in [-0.1, -0.05) is 0 Å². The molecule has 18 heavy (non-hydrogen) atoms. The van der Waals surface area contributed by atoms with E-state index in [4.69, 9.17) is 4.42 Å². The molecule has 0 saturated carbocycles. The van der Waals surface area contributed by atoms with Crippen molar-refractivity contribution in [2.24, 2.45) is 0 Å². The highest BCUT2D eigenvalue weighted by Crippen LogP contribution is 2.23. The quantitative estimate of drug-likeness (QED) is 0.817. The van der Waals surface area contributed by atoms with Crippen LogP contribution in [0.1, 0.15) is 47.4 Å². The van der Waals surface area contributed by atoms with Gasteiger partial charge in [0.2, 0.25) is 5.89 Å². The number of fused-ring (bicyclic) bond motifs is 1. The smallest absolute Gasteiger partial charge is 0.214 e. The van der Waals surface area contributed by atoms with Crippen LogP contribution in [0.25, 0.3) is 0 Å². The maximum Gasteiger partial charge on any atom is 0.214 e. The van der Waals surface area contributed by atoms with E-state index in [9.17, 15) is 0 Å². The molecule has 0 aliphatic heterocycles. The largest absolute Gasteiger partial charge is 0.444 e. The molecule has 0 amide bonds. The Morgan fingerprint density at radius 3 is 2.61 bits per heavy atom. The molecule has 1 aliphatic rings. The minimum Gasteiger partial charge on any atom is -0.444 e. The predicted octanol–water partition coefficient (Wildman–Crippen LogP) is 2.72. The molecule has 2 aromatic rings. The van der Waals surface area contributed by atoms with Crippen LogP contribution in [0.15, 0.2) is 4.42 Å². The molecule has 2 aromatic heterocycles. The van der Waals surface area contributed by atoms with E-state index in [1.54, 1.807) is 0 Å². The number of hydrogen-bond donors (Lipinski definition) is 0. The lowest BCUT2D eigenvalue weighted by Crippen LogP contribution is -2.10. The van der Waals surface area contributed by atoms with Crippen LogP contribution in [-0.4, -0.2) is 14.5 Å². The van der Waals surface area contributed by atoms with Gasteiger partial charge in [-0.3, -0.25) is 0 Å². The molecule has 0 atom stereocenters. The Balaban J connectivity index is 1.94. The Labute approximate surface area is 107 Å². The summed E-state index contributed by atoms with van der Waals surface area (Å²) in [6.07, 6.45) is 4.78. The Bertz CT molecular complexity index is 561. The number of nitrogens with zero attached hydrogens (tertiary/aromatic N) is 3. The van der Waals surface area contributed by atoms with E-state index in [0.717, 1.165) is 36.0 Å². The van der Waals surface area contributed by atoms with Gasteiger partial charge in [-0.05, 0) is 46.5 Å². The van der Waals surface area contributed by atoms with Gasteiger partial charge in [0.05, 0.1) is 11.4 Å². The second-order valence-corrected chi connectivity index (χ2v) is 5.09. The molecular formula is C14H19N3O. The van der Waals surface area contributed by atoms with Crippen LogP contribution in [-0.2, 0) is 19.4 Å². The third kappa shape index (κ3) is 1.85. The van der Waals surface area contributed by atoms with E-state index >= 15 is 0 Å². The van der Waals surface area contributed by atoms with Crippen molar-refractivity contribution < 1.29 is 4.42 Å². The summed E-state index contributed by atoms with van der Waals surface area (Å²) in [6, 6.07) is 0. The lowest BCUT2D eigenvalue weighted by atomic mass is 10.0. The maximum absolute atomic E-state index is 5.67. The fraction of sp³-hybridized carbons (Fsp3) is 0.571. The van der Waals surface area contributed by atoms with E-state index in [2.05, 4.69) is 21.5 Å². The van der Waals surface area contributed by atoms with E-state index in [1.807, 2.05) is 13.8 Å². The van der Waals surface area contributed by atoms with Crippen LogP contribution in [0, 0.1) is 20.8 Å². The molecule has 0 N–H and O–H groups in total. The number of aryl methyl sites for hydroxylation is 4. The molecule has 0 spiro atoms. The summed E-state index contributed by atoms with van der Waals surface area (Å²) in [4.78, 5) is 9.13. The summed E-state index contributed by atoms with van der Waals surface area (Å²) in [5.41, 5.74) is 3.64. The van der Waals surface area contributed by atoms with Crippen molar-refractivity contribution in [1.82, 2.24) is 14.5 Å². The zero-order chi connectivity index (χ0) is 12.7. The third-order valence-electron chi connectivity index (χ3n) is 3.79. The van der Waals surface area contributed by atoms with Gasteiger partial charge >= 0.3 is 0 Å². The van der Waals surface area contributed by atoms with E-state index in [0.29, 0.717) is 6.54 Å². The lowest BCUT2D eigenvalue weighted by Gasteiger charge is -2.13. The molecule has 0 fully saturated rings. The topological polar surface area (TPSA) is 43.9 Å². The van der Waals surface area contributed by atoms with Gasteiger partial charge in [-0.25, -0.2) is 9.97 Å². The maximum atomic E-state index is 5.67. The second-order valence-electron chi connectivity index (χ2n) is 5.09. The van der Waals surface area contributed by atoms with Crippen LogP contribution >= 0.6 is 0 Å². The summed E-state index contributed by atoms with van der Waals surface area (Å²) >= 11 is 0. The average molecular weight is 245 g/mol. The number of oxazole rings is 1. The number of imidazole rings is 1. The summed E-state index contributed by atoms with van der Waals surface area (Å²) < 4.78 is 7.94. The highest BCUT2D eigenvalue weighted by Gasteiger charge is 2.19. The monoisotopic (exact) mass is 245 g/mol. The summed E-state index contributed by atoms with van der Waals surface area (Å²) in [5, 5.41) is 0. The lowest BCUT2D eigenvalue weighted by molar-refractivity contribution is 0.449. The van der Waals surface area contributed by atoms with Crippen molar-refractivity contribution in [2.75, 3.05) is 0 Å². The van der Waals surface area contributed by atoms with Crippen molar-refractivity contribution >= 4 is 0 Å². The van der Waals surface area contributed by atoms with Crippen molar-refractivity contribution in [1.29, 1.82) is 0 Å². The SMILES string of the molecule is Cc1nc(Cn2c(C)nc3c2CCCC3)oc1C. The minimum atomic E-state index is 0.711. The number of hydrogen-bond acceptors (Lipinski definition) is 3. The summed E-state index contributed by atoms with van der Waals surface area (Å²) in [7, 11) is 0. The van der Waals surface area contributed by atoms with Crippen LogP contribution in [0.4, 0.5) is 0 Å². The number of rotatable bonds is 2. The van der Waals surface area contributed by atoms with Gasteiger partial charge in [-0.15, -0.1) is 0 Å². The Hall–Kier alpha value is -1.58. The standard InChI is InChI=1S/C14H19N3O/c1-9-10(2)18-14(15-9)8-17-11(3)16-12-6-4-5-7-13(12)17/h4-8H2,1-3H3. The highest BCUT2D eigenvalue weighted by atomic mass is 16.4. The Kier molecular flexibility index (Phi) is 2.73. The van der Waals surface area contributed by atoms with Crippen molar-refractivity contribution in [2.45, 2.75) is 53.0 Å². The zero-order valence-corrected chi connectivity index (χ0v) is 11.3. The van der Waals surface area contributed by atoms with Crippen LogP contribution in [0.5, 0.6) is 0 Å². The first-order valence-corrected chi connectivity index (χ1v) is 6.63. The first kappa shape index (κ1) is 11.5. The van der Waals surface area contributed by atoms with Crippen LogP contribution in [0.3, 0.4) is 0 Å². The van der Waals surface area contributed by atoms with Gasteiger partial charge in [0.1, 0.15) is 18.1 Å². The molecule has 96 valence electrons. The molecular weight excluding hydrogens is 226 g/mol. The third-order valence-corrected chi connectivity index (χ3v) is 3.79. The molecule has 4 heteroatoms. The first-order chi connectivity index (χ1) is 8.65. The van der Waals surface area contributed by atoms with Gasteiger partial charge in [0.15, 0.2) is 0 Å². The first-order valence-electron chi connectivity index (χ1n) is 6.63. The molecule has 0 saturated heterocycles. The fourth-order valence-corrected chi connectivity index (χ4v) is 2.69. The van der Waals surface area contributed by atoms with Crippen molar-refractivity contribution in [3.8, 4) is 0 Å². The fourth-order valence-electron chi connectivity index (χ4n) is 2.69. The molecule has 1 aliphatic carbocycles. The van der Waals surface area contributed by atoms with Crippen LogP contribution in [0.2, 0.25) is 0 Å². The van der Waals surface area contributed by atoms with Gasteiger partial charge in [0.25, 0.3) is 0 Å². The Morgan fingerprint density at radius 2 is 1.89 bits per heavy atom. The van der Waals surface area contributed by atoms with Gasteiger partial charge < -0.3 is 8.98 Å². The van der Waals surface area contributed by atoms with E-state index < -0.39 is 0 Å². The summed E-state index contributed by atoms with van der Waals surface area (Å²) in [6.45, 7) is 6.73. The highest BCUT2D eigenvalue weighted by molar-refractivity contribution is 5.21. The predicted molar refractivity (Wildman–Crippen MR) is 68.7 cm³/mol. The van der Waals surface area contributed by atoms with E-state index in [-0.39, 0.29) is 0 Å². The molecule has 0 radical (unpaired) electrons. The van der Waals surface area contributed by atoms with Gasteiger partial charge in [0, 0.05) is 5.69 Å². The molecule has 0 bridgehead atoms. The average Bonchev–Trinajstić information content (AvgIpc) is 2.82. The Morgan fingerprint density at radius 1 is 1.11 bits per heavy atom. The molecule has 3 rings (SSSR count). The van der Waals surface area contributed by atoms with Crippen molar-refractivity contribution in [3.63, 3.8) is 0 Å². The molecule has 0 aromatic carbocycles. The van der Waals surface area contributed by atoms with Crippen molar-refractivity contribution in [3.05, 3.63) is 34.6 Å². The molecule has 2 heterocycles. The summed E-state index contributed by atoms with van der Waals surface area (Å²) in [5.74, 6) is 2.78. The second kappa shape index (κ2) is 4.26. The van der Waals surface area contributed by atoms with E-state index in [1.165, 1.54) is 24.2 Å². The normalized spacial score (nSPS) is 14.8.